The minimum Gasteiger partial charge on any atom is -0.440 e. The highest BCUT2D eigenvalue weighted by molar-refractivity contribution is 7.13. The first-order valence-electron chi connectivity index (χ1n) is 8.67. The molecule has 0 aliphatic heterocycles. The van der Waals surface area contributed by atoms with Crippen LogP contribution in [0.25, 0.3) is 22.2 Å². The predicted molar refractivity (Wildman–Crippen MR) is 104 cm³/mol. The summed E-state index contributed by atoms with van der Waals surface area (Å²) in [5.41, 5.74) is 3.02. The first-order valence-corrected chi connectivity index (χ1v) is 9.55. The Hall–Kier alpha value is -2.77. The van der Waals surface area contributed by atoms with Crippen molar-refractivity contribution < 1.29 is 8.83 Å². The molecule has 0 radical (unpaired) electrons. The number of thiophene rings is 1. The summed E-state index contributed by atoms with van der Waals surface area (Å²) in [5, 5.41) is 10.3. The van der Waals surface area contributed by atoms with Gasteiger partial charge in [-0.2, -0.15) is 0 Å². The number of hydrogen-bond donors (Lipinski definition) is 0. The van der Waals surface area contributed by atoms with Gasteiger partial charge in [0.05, 0.1) is 17.1 Å². The molecule has 1 aromatic carbocycles. The molecule has 3 aromatic heterocycles. The van der Waals surface area contributed by atoms with Crippen molar-refractivity contribution in [2.45, 2.75) is 26.9 Å². The van der Waals surface area contributed by atoms with E-state index in [9.17, 15) is 0 Å². The maximum atomic E-state index is 5.87. The Bertz CT molecular complexity index is 1040. The van der Waals surface area contributed by atoms with Gasteiger partial charge in [-0.25, -0.2) is 4.98 Å². The third-order valence-corrected chi connectivity index (χ3v) is 5.27. The van der Waals surface area contributed by atoms with Crippen LogP contribution in [0.2, 0.25) is 0 Å². The molecule has 0 fully saturated rings. The van der Waals surface area contributed by atoms with Crippen molar-refractivity contribution >= 4 is 11.3 Å². The van der Waals surface area contributed by atoms with Gasteiger partial charge in [0, 0.05) is 12.1 Å². The normalized spacial score (nSPS) is 11.4. The lowest BCUT2D eigenvalue weighted by Crippen LogP contribution is -2.18. The summed E-state index contributed by atoms with van der Waals surface area (Å²) in [5.74, 6) is 2.63. The number of oxazole rings is 1. The van der Waals surface area contributed by atoms with Crippen molar-refractivity contribution in [1.82, 2.24) is 20.1 Å². The van der Waals surface area contributed by atoms with Gasteiger partial charge >= 0.3 is 0 Å². The Morgan fingerprint density at radius 1 is 0.963 bits per heavy atom. The van der Waals surface area contributed by atoms with Crippen molar-refractivity contribution in [2.75, 3.05) is 7.05 Å². The molecule has 3 heterocycles. The standard InChI is InChI=1S/C20H20N4O2S/c1-13-9-10-27-18(13)20-21-16(14(2)25-20)11-24(3)12-17-22-23-19(26-17)15-7-5-4-6-8-15/h4-10H,11-12H2,1-3H3. The molecular formula is C20H20N4O2S. The second-order valence-electron chi connectivity index (χ2n) is 6.49. The largest absolute Gasteiger partial charge is 0.440 e. The maximum Gasteiger partial charge on any atom is 0.247 e. The molecule has 0 aliphatic rings. The quantitative estimate of drug-likeness (QED) is 0.483. The average molecular weight is 380 g/mol. The lowest BCUT2D eigenvalue weighted by atomic mass is 10.2. The van der Waals surface area contributed by atoms with E-state index < -0.39 is 0 Å². The van der Waals surface area contributed by atoms with Gasteiger partial charge in [0.25, 0.3) is 0 Å². The molecule has 0 saturated heterocycles. The van der Waals surface area contributed by atoms with Crippen molar-refractivity contribution in [1.29, 1.82) is 0 Å². The van der Waals surface area contributed by atoms with E-state index in [0.29, 0.717) is 30.8 Å². The van der Waals surface area contributed by atoms with Crippen molar-refractivity contribution in [2.24, 2.45) is 0 Å². The van der Waals surface area contributed by atoms with E-state index in [1.165, 1.54) is 5.56 Å². The topological polar surface area (TPSA) is 68.2 Å². The van der Waals surface area contributed by atoms with Crippen LogP contribution in [0, 0.1) is 13.8 Å². The van der Waals surface area contributed by atoms with Crippen LogP contribution in [-0.2, 0) is 13.1 Å². The third-order valence-electron chi connectivity index (χ3n) is 4.26. The molecule has 4 rings (SSSR count). The predicted octanol–water partition coefficient (Wildman–Crippen LogP) is 4.70. The zero-order valence-corrected chi connectivity index (χ0v) is 16.3. The highest BCUT2D eigenvalue weighted by Gasteiger charge is 2.17. The number of benzene rings is 1. The molecule has 7 heteroatoms. The summed E-state index contributed by atoms with van der Waals surface area (Å²) in [6.45, 7) is 5.20. The Kier molecular flexibility index (Phi) is 4.87. The number of nitrogens with zero attached hydrogens (tertiary/aromatic N) is 4. The van der Waals surface area contributed by atoms with Gasteiger partial charge < -0.3 is 8.83 Å². The average Bonchev–Trinajstić information content (AvgIpc) is 3.37. The highest BCUT2D eigenvalue weighted by Crippen LogP contribution is 2.30. The molecule has 138 valence electrons. The fourth-order valence-electron chi connectivity index (χ4n) is 2.82. The lowest BCUT2D eigenvalue weighted by Gasteiger charge is -2.12. The van der Waals surface area contributed by atoms with Crippen molar-refractivity contribution in [3.63, 3.8) is 0 Å². The first-order chi connectivity index (χ1) is 13.1. The number of rotatable bonds is 6. The van der Waals surface area contributed by atoms with E-state index in [4.69, 9.17) is 8.83 Å². The van der Waals surface area contributed by atoms with Crippen LogP contribution < -0.4 is 0 Å². The van der Waals surface area contributed by atoms with Crippen LogP contribution in [-0.4, -0.2) is 27.1 Å². The van der Waals surface area contributed by atoms with Gasteiger partial charge in [0.1, 0.15) is 5.76 Å². The van der Waals surface area contributed by atoms with Gasteiger partial charge in [-0.1, -0.05) is 18.2 Å². The Balaban J connectivity index is 1.44. The van der Waals surface area contributed by atoms with Crippen molar-refractivity contribution in [3.8, 4) is 22.2 Å². The summed E-state index contributed by atoms with van der Waals surface area (Å²) in [6.07, 6.45) is 0. The van der Waals surface area contributed by atoms with Crippen LogP contribution in [0.4, 0.5) is 0 Å². The molecular weight excluding hydrogens is 360 g/mol. The summed E-state index contributed by atoms with van der Waals surface area (Å²) in [4.78, 5) is 7.84. The molecule has 0 atom stereocenters. The molecule has 0 aliphatic carbocycles. The maximum absolute atomic E-state index is 5.87. The number of aromatic nitrogens is 3. The summed E-state index contributed by atoms with van der Waals surface area (Å²) in [6, 6.07) is 11.8. The Morgan fingerprint density at radius 2 is 1.78 bits per heavy atom. The fraction of sp³-hybridized carbons (Fsp3) is 0.250. The highest BCUT2D eigenvalue weighted by atomic mass is 32.1. The van der Waals surface area contributed by atoms with E-state index in [1.54, 1.807) is 11.3 Å². The molecule has 0 saturated carbocycles. The van der Waals surface area contributed by atoms with Gasteiger partial charge in [-0.15, -0.1) is 21.5 Å². The van der Waals surface area contributed by atoms with E-state index in [0.717, 1.165) is 21.9 Å². The zero-order chi connectivity index (χ0) is 18.8. The molecule has 27 heavy (non-hydrogen) atoms. The first kappa shape index (κ1) is 17.6. The monoisotopic (exact) mass is 380 g/mol. The Labute approximate surface area is 161 Å². The van der Waals surface area contributed by atoms with Crippen LogP contribution in [0.15, 0.2) is 50.6 Å². The van der Waals surface area contributed by atoms with Crippen LogP contribution in [0.1, 0.15) is 22.9 Å². The summed E-state index contributed by atoms with van der Waals surface area (Å²) in [7, 11) is 2.00. The third kappa shape index (κ3) is 3.84. The molecule has 0 amide bonds. The molecule has 0 spiro atoms. The van der Waals surface area contributed by atoms with E-state index in [1.807, 2.05) is 44.3 Å². The van der Waals surface area contributed by atoms with E-state index in [-0.39, 0.29) is 0 Å². The van der Waals surface area contributed by atoms with Gasteiger partial charge in [-0.3, -0.25) is 4.90 Å². The summed E-state index contributed by atoms with van der Waals surface area (Å²) >= 11 is 1.64. The molecule has 0 bridgehead atoms. The van der Waals surface area contributed by atoms with Gasteiger partial charge in [-0.05, 0) is 50.0 Å². The zero-order valence-electron chi connectivity index (χ0n) is 15.5. The molecule has 6 nitrogen and oxygen atoms in total. The molecule has 0 unspecified atom stereocenters. The Morgan fingerprint density at radius 3 is 2.52 bits per heavy atom. The summed E-state index contributed by atoms with van der Waals surface area (Å²) < 4.78 is 11.7. The van der Waals surface area contributed by atoms with Crippen LogP contribution in [0.5, 0.6) is 0 Å². The lowest BCUT2D eigenvalue weighted by molar-refractivity contribution is 0.278. The molecule has 4 aromatic rings. The van der Waals surface area contributed by atoms with Crippen LogP contribution >= 0.6 is 11.3 Å². The number of aryl methyl sites for hydroxylation is 2. The van der Waals surface area contributed by atoms with E-state index >= 15 is 0 Å². The smallest absolute Gasteiger partial charge is 0.247 e. The van der Waals surface area contributed by atoms with Crippen LogP contribution in [0.3, 0.4) is 0 Å². The van der Waals surface area contributed by atoms with Gasteiger partial charge in [0.2, 0.25) is 17.7 Å². The fourth-order valence-corrected chi connectivity index (χ4v) is 3.67. The van der Waals surface area contributed by atoms with Crippen molar-refractivity contribution in [3.05, 3.63) is 64.7 Å². The second kappa shape index (κ2) is 7.46. The van der Waals surface area contributed by atoms with E-state index in [2.05, 4.69) is 38.5 Å². The number of hydrogen-bond acceptors (Lipinski definition) is 7. The SMILES string of the molecule is Cc1ccsc1-c1nc(CN(C)Cc2nnc(-c3ccccc3)o2)c(C)o1. The second-order valence-corrected chi connectivity index (χ2v) is 7.41. The minimum atomic E-state index is 0.534. The molecule has 0 N–H and O–H groups in total. The minimum absolute atomic E-state index is 0.534. The van der Waals surface area contributed by atoms with Gasteiger partial charge in [0.15, 0.2) is 0 Å².